The molecule has 0 bridgehead atoms. The van der Waals surface area contributed by atoms with Crippen LogP contribution in [0.5, 0.6) is 0 Å². The van der Waals surface area contributed by atoms with E-state index in [4.69, 9.17) is 23.2 Å². The van der Waals surface area contributed by atoms with Crippen molar-refractivity contribution in [3.63, 3.8) is 0 Å². The molecule has 0 aliphatic heterocycles. The molecular formula is C12H9Cl2N3O3S2. The summed E-state index contributed by atoms with van der Waals surface area (Å²) in [6.07, 6.45) is 2.49. The summed E-state index contributed by atoms with van der Waals surface area (Å²) in [7, 11) is -3.57. The molecule has 1 N–H and O–H groups in total. The minimum absolute atomic E-state index is 0.121. The fourth-order valence-electron chi connectivity index (χ4n) is 2.05. The fourth-order valence-corrected chi connectivity index (χ4v) is 4.09. The number of carbonyl (C=O) groups is 1. The number of thiazole rings is 1. The monoisotopic (exact) mass is 377 g/mol. The molecule has 116 valence electrons. The summed E-state index contributed by atoms with van der Waals surface area (Å²) in [6, 6.07) is 3.50. The maximum Gasteiger partial charge on any atom is 0.239 e. The third kappa shape index (κ3) is 2.91. The summed E-state index contributed by atoms with van der Waals surface area (Å²) in [5.41, 5.74) is 1.30. The molecule has 0 radical (unpaired) electrons. The van der Waals surface area contributed by atoms with Crippen molar-refractivity contribution in [1.29, 1.82) is 0 Å². The molecule has 0 unspecified atom stereocenters. The molecule has 6 nitrogen and oxygen atoms in total. The highest BCUT2D eigenvalue weighted by atomic mass is 35.5. The van der Waals surface area contributed by atoms with Crippen molar-refractivity contribution in [2.75, 3.05) is 6.26 Å². The maximum atomic E-state index is 11.6. The lowest BCUT2D eigenvalue weighted by molar-refractivity contribution is -0.118. The normalized spacial score (nSPS) is 12.1. The van der Waals surface area contributed by atoms with E-state index in [9.17, 15) is 13.2 Å². The van der Waals surface area contributed by atoms with Crippen LogP contribution in [-0.2, 0) is 21.2 Å². The van der Waals surface area contributed by atoms with E-state index in [1.54, 1.807) is 16.7 Å². The molecule has 0 spiro atoms. The molecule has 2 heterocycles. The van der Waals surface area contributed by atoms with E-state index in [0.717, 1.165) is 16.5 Å². The highest BCUT2D eigenvalue weighted by Crippen LogP contribution is 2.36. The summed E-state index contributed by atoms with van der Waals surface area (Å²) in [5.74, 6) is -0.626. The van der Waals surface area contributed by atoms with Crippen LogP contribution in [-0.4, -0.2) is 30.0 Å². The molecule has 2 aromatic heterocycles. The molecule has 22 heavy (non-hydrogen) atoms. The summed E-state index contributed by atoms with van der Waals surface area (Å²) in [4.78, 5) is 16.6. The second-order valence-corrected chi connectivity index (χ2v) is 8.18. The van der Waals surface area contributed by atoms with Crippen molar-refractivity contribution >= 4 is 65.6 Å². The molecule has 3 aromatic rings. The van der Waals surface area contributed by atoms with Gasteiger partial charge in [0.2, 0.25) is 15.9 Å². The number of fused-ring (bicyclic) bond motifs is 3. The second-order valence-electron chi connectivity index (χ2n) is 4.67. The highest BCUT2D eigenvalue weighted by molar-refractivity contribution is 7.89. The Balaban J connectivity index is 1.98. The molecule has 3 rings (SSSR count). The summed E-state index contributed by atoms with van der Waals surface area (Å²) >= 11 is 13.5. The predicted molar refractivity (Wildman–Crippen MR) is 87.3 cm³/mol. The molecule has 0 fully saturated rings. The third-order valence-electron chi connectivity index (χ3n) is 2.85. The second kappa shape index (κ2) is 5.38. The lowest BCUT2D eigenvalue weighted by atomic mass is 10.3. The van der Waals surface area contributed by atoms with Crippen LogP contribution in [0.1, 0.15) is 5.69 Å². The van der Waals surface area contributed by atoms with Gasteiger partial charge in [-0.15, -0.1) is 0 Å². The first-order valence-corrected chi connectivity index (χ1v) is 9.46. The van der Waals surface area contributed by atoms with Crippen LogP contribution in [0.25, 0.3) is 15.2 Å². The van der Waals surface area contributed by atoms with Gasteiger partial charge < -0.3 is 0 Å². The van der Waals surface area contributed by atoms with Gasteiger partial charge in [-0.25, -0.2) is 13.4 Å². The van der Waals surface area contributed by atoms with Crippen LogP contribution in [0.2, 0.25) is 10.0 Å². The zero-order valence-electron chi connectivity index (χ0n) is 11.1. The molecule has 0 aliphatic carbocycles. The van der Waals surface area contributed by atoms with E-state index in [1.807, 2.05) is 10.8 Å². The lowest BCUT2D eigenvalue weighted by Gasteiger charge is -2.00. The number of sulfonamides is 1. The molecule has 10 heteroatoms. The number of nitrogens with one attached hydrogen (secondary N) is 1. The highest BCUT2D eigenvalue weighted by Gasteiger charge is 2.16. The summed E-state index contributed by atoms with van der Waals surface area (Å²) < 4.78 is 26.5. The first kappa shape index (κ1) is 15.5. The minimum atomic E-state index is -3.57. The zero-order chi connectivity index (χ0) is 16.1. The van der Waals surface area contributed by atoms with Crippen LogP contribution >= 0.6 is 34.5 Å². The minimum Gasteiger partial charge on any atom is -0.290 e. The van der Waals surface area contributed by atoms with Gasteiger partial charge in [-0.1, -0.05) is 34.5 Å². The number of nitrogens with zero attached hydrogens (tertiary/aromatic N) is 2. The van der Waals surface area contributed by atoms with Crippen molar-refractivity contribution in [1.82, 2.24) is 14.1 Å². The number of imidazole rings is 1. The average molecular weight is 378 g/mol. The fraction of sp³-hybridized carbons (Fsp3) is 0.167. The lowest BCUT2D eigenvalue weighted by Crippen LogP contribution is -2.30. The van der Waals surface area contributed by atoms with Gasteiger partial charge in [0.1, 0.15) is 0 Å². The van der Waals surface area contributed by atoms with Crippen LogP contribution < -0.4 is 4.72 Å². The third-order valence-corrected chi connectivity index (χ3v) is 5.45. The largest absolute Gasteiger partial charge is 0.290 e. The van der Waals surface area contributed by atoms with Crippen LogP contribution in [0, 0.1) is 0 Å². The smallest absolute Gasteiger partial charge is 0.239 e. The zero-order valence-corrected chi connectivity index (χ0v) is 14.3. The maximum absolute atomic E-state index is 11.6. The van der Waals surface area contributed by atoms with Gasteiger partial charge in [0, 0.05) is 6.20 Å². The van der Waals surface area contributed by atoms with Crippen molar-refractivity contribution in [3.8, 4) is 0 Å². The number of aromatic nitrogens is 2. The van der Waals surface area contributed by atoms with Gasteiger partial charge in [0.25, 0.3) is 0 Å². The first-order chi connectivity index (χ1) is 10.2. The Morgan fingerprint density at radius 1 is 1.41 bits per heavy atom. The first-order valence-electron chi connectivity index (χ1n) is 6.00. The predicted octanol–water partition coefficient (Wildman–Crippen LogP) is 2.47. The van der Waals surface area contributed by atoms with E-state index in [-0.39, 0.29) is 6.42 Å². The number of rotatable bonds is 3. The Morgan fingerprint density at radius 2 is 2.14 bits per heavy atom. The van der Waals surface area contributed by atoms with Crippen molar-refractivity contribution in [3.05, 3.63) is 34.1 Å². The Morgan fingerprint density at radius 3 is 2.82 bits per heavy atom. The van der Waals surface area contributed by atoms with E-state index < -0.39 is 15.9 Å². The molecular weight excluding hydrogens is 369 g/mol. The molecule has 0 saturated carbocycles. The summed E-state index contributed by atoms with van der Waals surface area (Å²) in [6.45, 7) is 0. The van der Waals surface area contributed by atoms with Crippen molar-refractivity contribution in [2.45, 2.75) is 6.42 Å². The van der Waals surface area contributed by atoms with Gasteiger partial charge in [0.15, 0.2) is 4.96 Å². The van der Waals surface area contributed by atoms with E-state index >= 15 is 0 Å². The van der Waals surface area contributed by atoms with Gasteiger partial charge in [-0.3, -0.25) is 13.9 Å². The van der Waals surface area contributed by atoms with Gasteiger partial charge in [-0.2, -0.15) is 0 Å². The number of hydrogen-bond donors (Lipinski definition) is 1. The quantitative estimate of drug-likeness (QED) is 0.759. The Bertz CT molecular complexity index is 1010. The van der Waals surface area contributed by atoms with Gasteiger partial charge >= 0.3 is 0 Å². The number of hydrogen-bond acceptors (Lipinski definition) is 5. The molecule has 1 amide bonds. The summed E-state index contributed by atoms with van der Waals surface area (Å²) in [5, 5.41) is 0.928. The number of halogens is 2. The topological polar surface area (TPSA) is 80.5 Å². The van der Waals surface area contributed by atoms with E-state index in [1.165, 1.54) is 11.3 Å². The molecule has 0 atom stereocenters. The van der Waals surface area contributed by atoms with Crippen LogP contribution in [0.4, 0.5) is 0 Å². The van der Waals surface area contributed by atoms with Crippen molar-refractivity contribution < 1.29 is 13.2 Å². The van der Waals surface area contributed by atoms with E-state index in [2.05, 4.69) is 4.98 Å². The Labute approximate surface area is 139 Å². The van der Waals surface area contributed by atoms with E-state index in [0.29, 0.717) is 20.7 Å². The van der Waals surface area contributed by atoms with Crippen LogP contribution in [0.15, 0.2) is 18.3 Å². The van der Waals surface area contributed by atoms with Gasteiger partial charge in [-0.05, 0) is 12.1 Å². The average Bonchev–Trinajstić information content (AvgIpc) is 2.89. The van der Waals surface area contributed by atoms with Crippen molar-refractivity contribution in [2.24, 2.45) is 0 Å². The Kier molecular flexibility index (Phi) is 3.80. The van der Waals surface area contributed by atoms with Crippen LogP contribution in [0.3, 0.4) is 0 Å². The standard InChI is InChI=1S/C12H9Cl2N3O3S2/c1-22(19,20)16-9(18)4-6-5-17-8-3-2-7(13)10(14)11(8)21-12(17)15-6/h2-3,5H,4H2,1H3,(H,16,18). The number of carbonyl (C=O) groups excluding carboxylic acids is 1. The number of amides is 1. The molecule has 1 aromatic carbocycles. The Hall–Kier alpha value is -1.35. The number of benzene rings is 1. The molecule has 0 aliphatic rings. The SMILES string of the molecule is CS(=O)(=O)NC(=O)Cc1cn2c(n1)sc1c(Cl)c(Cl)ccc12. The van der Waals surface area contributed by atoms with Gasteiger partial charge in [0.05, 0.1) is 38.6 Å². The molecule has 0 saturated heterocycles.